The summed E-state index contributed by atoms with van der Waals surface area (Å²) >= 11 is 2.20. The number of rotatable bonds is 3. The molecule has 1 aromatic rings. The van der Waals surface area contributed by atoms with Gasteiger partial charge >= 0.3 is 0 Å². The Kier molecular flexibility index (Phi) is 4.21. The zero-order valence-electron chi connectivity index (χ0n) is 9.12. The maximum Gasteiger partial charge on any atom is 0.153 e. The lowest BCUT2D eigenvalue weighted by molar-refractivity contribution is 0.111. The summed E-state index contributed by atoms with van der Waals surface area (Å²) in [6.07, 6.45) is 7.20. The number of halogens is 1. The molecule has 0 spiro atoms. The van der Waals surface area contributed by atoms with E-state index in [1.54, 1.807) is 0 Å². The highest BCUT2D eigenvalue weighted by Crippen LogP contribution is 2.26. The van der Waals surface area contributed by atoms with E-state index in [4.69, 9.17) is 4.74 Å². The summed E-state index contributed by atoms with van der Waals surface area (Å²) < 4.78 is 6.96. The van der Waals surface area contributed by atoms with Crippen molar-refractivity contribution in [1.29, 1.82) is 0 Å². The van der Waals surface area contributed by atoms with Crippen molar-refractivity contribution in [2.24, 2.45) is 0 Å². The molecule has 1 fully saturated rings. The van der Waals surface area contributed by atoms with Crippen molar-refractivity contribution < 1.29 is 9.53 Å². The van der Waals surface area contributed by atoms with Crippen LogP contribution in [0.25, 0.3) is 0 Å². The van der Waals surface area contributed by atoms with Crippen molar-refractivity contribution in [3.63, 3.8) is 0 Å². The number of carbonyl (C=O) groups excluding carboxylic acids is 1. The first-order valence-electron chi connectivity index (χ1n) is 5.71. The van der Waals surface area contributed by atoms with Crippen LogP contribution in [0.4, 0.5) is 0 Å². The monoisotopic (exact) mass is 330 g/mol. The molecule has 3 heteroatoms. The Morgan fingerprint density at radius 2 is 2.00 bits per heavy atom. The molecule has 0 amide bonds. The fourth-order valence-electron chi connectivity index (χ4n) is 2.08. The third kappa shape index (κ3) is 2.97. The minimum Gasteiger partial charge on any atom is -0.490 e. The molecule has 16 heavy (non-hydrogen) atoms. The van der Waals surface area contributed by atoms with Crippen LogP contribution in [0.5, 0.6) is 5.75 Å². The topological polar surface area (TPSA) is 26.3 Å². The lowest BCUT2D eigenvalue weighted by Crippen LogP contribution is -2.20. The molecule has 2 nitrogen and oxygen atoms in total. The quantitative estimate of drug-likeness (QED) is 0.622. The fourth-order valence-corrected chi connectivity index (χ4v) is 2.60. The summed E-state index contributed by atoms with van der Waals surface area (Å²) in [7, 11) is 0. The molecule has 0 N–H and O–H groups in total. The highest BCUT2D eigenvalue weighted by molar-refractivity contribution is 14.1. The molecule has 1 aromatic carbocycles. The molecule has 86 valence electrons. The van der Waals surface area contributed by atoms with Gasteiger partial charge in [0.25, 0.3) is 0 Å². The first-order chi connectivity index (χ1) is 7.79. The number of aldehydes is 1. The first-order valence-corrected chi connectivity index (χ1v) is 6.79. The highest BCUT2D eigenvalue weighted by Gasteiger charge is 2.16. The average Bonchev–Trinajstić information content (AvgIpc) is 2.33. The third-order valence-corrected chi connectivity index (χ3v) is 3.62. The SMILES string of the molecule is O=Cc1cc(I)ccc1OC1CCCCC1. The Morgan fingerprint density at radius 3 is 2.69 bits per heavy atom. The smallest absolute Gasteiger partial charge is 0.153 e. The van der Waals surface area contributed by atoms with Crippen LogP contribution in [-0.4, -0.2) is 12.4 Å². The summed E-state index contributed by atoms with van der Waals surface area (Å²) in [5, 5.41) is 0. The zero-order chi connectivity index (χ0) is 11.4. The van der Waals surface area contributed by atoms with E-state index in [9.17, 15) is 4.79 Å². The minimum atomic E-state index is 0.299. The van der Waals surface area contributed by atoms with E-state index in [1.807, 2.05) is 18.2 Å². The van der Waals surface area contributed by atoms with Crippen molar-refractivity contribution >= 4 is 28.9 Å². The van der Waals surface area contributed by atoms with Gasteiger partial charge in [0.2, 0.25) is 0 Å². The van der Waals surface area contributed by atoms with Gasteiger partial charge in [-0.05, 0) is 66.5 Å². The van der Waals surface area contributed by atoms with E-state index in [0.717, 1.165) is 28.4 Å². The Labute approximate surface area is 110 Å². The molecule has 1 aliphatic rings. The summed E-state index contributed by atoms with van der Waals surface area (Å²) in [5.74, 6) is 0.738. The molecule has 0 unspecified atom stereocenters. The van der Waals surface area contributed by atoms with Crippen LogP contribution in [0.3, 0.4) is 0 Å². The summed E-state index contributed by atoms with van der Waals surface area (Å²) in [4.78, 5) is 10.9. The summed E-state index contributed by atoms with van der Waals surface area (Å²) in [5.41, 5.74) is 0.664. The lowest BCUT2D eigenvalue weighted by Gasteiger charge is -2.23. The van der Waals surface area contributed by atoms with Crippen LogP contribution in [0, 0.1) is 3.57 Å². The maximum atomic E-state index is 10.9. The number of hydrogen-bond donors (Lipinski definition) is 0. The second-order valence-electron chi connectivity index (χ2n) is 4.18. The molecule has 1 aliphatic carbocycles. The van der Waals surface area contributed by atoms with Crippen molar-refractivity contribution in [3.05, 3.63) is 27.3 Å². The van der Waals surface area contributed by atoms with Crippen LogP contribution < -0.4 is 4.74 Å². The first kappa shape index (κ1) is 11.9. The van der Waals surface area contributed by atoms with Crippen molar-refractivity contribution in [2.45, 2.75) is 38.2 Å². The molecular weight excluding hydrogens is 315 g/mol. The largest absolute Gasteiger partial charge is 0.490 e. The van der Waals surface area contributed by atoms with Crippen molar-refractivity contribution in [3.8, 4) is 5.75 Å². The number of benzene rings is 1. The minimum absolute atomic E-state index is 0.299. The summed E-state index contributed by atoms with van der Waals surface area (Å²) in [6, 6.07) is 5.75. The van der Waals surface area contributed by atoms with E-state index in [2.05, 4.69) is 22.6 Å². The lowest BCUT2D eigenvalue weighted by atomic mass is 9.98. The number of hydrogen-bond acceptors (Lipinski definition) is 2. The predicted molar refractivity (Wildman–Crippen MR) is 72.0 cm³/mol. The van der Waals surface area contributed by atoms with E-state index in [1.165, 1.54) is 19.3 Å². The molecule has 0 saturated heterocycles. The maximum absolute atomic E-state index is 10.9. The van der Waals surface area contributed by atoms with Gasteiger partial charge in [-0.1, -0.05) is 6.42 Å². The third-order valence-electron chi connectivity index (χ3n) is 2.94. The molecule has 0 bridgehead atoms. The Balaban J connectivity index is 2.10. The molecular formula is C13H15IO2. The van der Waals surface area contributed by atoms with Gasteiger partial charge in [0.05, 0.1) is 11.7 Å². The molecule has 0 radical (unpaired) electrons. The van der Waals surface area contributed by atoms with E-state index < -0.39 is 0 Å². The molecule has 0 aromatic heterocycles. The predicted octanol–water partition coefficient (Wildman–Crippen LogP) is 3.82. The average molecular weight is 330 g/mol. The van der Waals surface area contributed by atoms with Crippen molar-refractivity contribution in [2.75, 3.05) is 0 Å². The Bertz CT molecular complexity index is 370. The molecule has 0 atom stereocenters. The van der Waals surface area contributed by atoms with Crippen LogP contribution in [0.1, 0.15) is 42.5 Å². The Hall–Kier alpha value is -0.580. The van der Waals surface area contributed by atoms with Gasteiger partial charge in [-0.3, -0.25) is 4.79 Å². The molecule has 0 aliphatic heterocycles. The normalized spacial score (nSPS) is 17.1. The molecule has 2 rings (SSSR count). The number of ether oxygens (including phenoxy) is 1. The van der Waals surface area contributed by atoms with Gasteiger partial charge in [-0.25, -0.2) is 0 Å². The van der Waals surface area contributed by atoms with Crippen LogP contribution in [0.2, 0.25) is 0 Å². The van der Waals surface area contributed by atoms with Crippen LogP contribution in [-0.2, 0) is 0 Å². The number of carbonyl (C=O) groups is 1. The van der Waals surface area contributed by atoms with Crippen LogP contribution >= 0.6 is 22.6 Å². The molecule has 0 heterocycles. The molecule has 1 saturated carbocycles. The highest BCUT2D eigenvalue weighted by atomic mass is 127. The second-order valence-corrected chi connectivity index (χ2v) is 5.42. The fraction of sp³-hybridized carbons (Fsp3) is 0.462. The van der Waals surface area contributed by atoms with E-state index in [-0.39, 0.29) is 0 Å². The van der Waals surface area contributed by atoms with Gasteiger partial charge in [-0.15, -0.1) is 0 Å². The van der Waals surface area contributed by atoms with Gasteiger partial charge in [0.15, 0.2) is 6.29 Å². The van der Waals surface area contributed by atoms with Gasteiger partial charge in [0.1, 0.15) is 5.75 Å². The zero-order valence-corrected chi connectivity index (χ0v) is 11.3. The van der Waals surface area contributed by atoms with E-state index >= 15 is 0 Å². The summed E-state index contributed by atoms with van der Waals surface area (Å²) in [6.45, 7) is 0. The van der Waals surface area contributed by atoms with Gasteiger partial charge in [0, 0.05) is 3.57 Å². The van der Waals surface area contributed by atoms with E-state index in [0.29, 0.717) is 11.7 Å². The van der Waals surface area contributed by atoms with Gasteiger partial charge < -0.3 is 4.74 Å². The van der Waals surface area contributed by atoms with Crippen LogP contribution in [0.15, 0.2) is 18.2 Å². The standard InChI is InChI=1S/C13H15IO2/c14-11-6-7-13(10(8-11)9-15)16-12-4-2-1-3-5-12/h6-9,12H,1-5H2. The van der Waals surface area contributed by atoms with Gasteiger partial charge in [-0.2, -0.15) is 0 Å². The second kappa shape index (κ2) is 5.66. The Morgan fingerprint density at radius 1 is 1.25 bits per heavy atom. The van der Waals surface area contributed by atoms with Crippen molar-refractivity contribution in [1.82, 2.24) is 0 Å².